The molecule has 0 saturated carbocycles. The summed E-state index contributed by atoms with van der Waals surface area (Å²) in [4.78, 5) is 9.16. The molecule has 5 nitrogen and oxygen atoms in total. The van der Waals surface area contributed by atoms with E-state index < -0.39 is 20.7 Å². The molecule has 2 aromatic carbocycles. The van der Waals surface area contributed by atoms with E-state index in [1.807, 2.05) is 42.5 Å². The van der Waals surface area contributed by atoms with Gasteiger partial charge in [0.05, 0.1) is 12.4 Å². The molecule has 2 aromatic rings. The lowest BCUT2D eigenvalue weighted by Crippen LogP contribution is -2.47. The zero-order valence-corrected chi connectivity index (χ0v) is 14.0. The molecule has 2 rings (SSSR count). The number of carboxylic acid groups (broad SMARTS) is 1. The van der Waals surface area contributed by atoms with Crippen LogP contribution in [0.25, 0.3) is 10.8 Å². The second kappa shape index (κ2) is 6.68. The lowest BCUT2D eigenvalue weighted by atomic mass is 10.0. The number of carbonyl (C=O) groups is 1. The highest BCUT2D eigenvalue weighted by Crippen LogP contribution is 2.23. The summed E-state index contributed by atoms with van der Waals surface area (Å²) in [5.74, 6) is -1.78. The van der Waals surface area contributed by atoms with Crippen LogP contribution in [0.4, 0.5) is 0 Å². The van der Waals surface area contributed by atoms with E-state index >= 15 is 0 Å². The van der Waals surface area contributed by atoms with Crippen molar-refractivity contribution in [3.05, 3.63) is 48.0 Å². The zero-order valence-electron chi connectivity index (χ0n) is 13.2. The Kier molecular flexibility index (Phi) is 5.06. The van der Waals surface area contributed by atoms with Crippen LogP contribution in [0.1, 0.15) is 19.4 Å². The summed E-state index contributed by atoms with van der Waals surface area (Å²) in [6, 6.07) is 13.7. The highest BCUT2D eigenvalue weighted by atomic mass is 32.2. The predicted molar refractivity (Wildman–Crippen MR) is 89.1 cm³/mol. The Hall–Kier alpha value is -1.92. The monoisotopic (exact) mass is 336 g/mol. The van der Waals surface area contributed by atoms with Crippen LogP contribution in [-0.2, 0) is 25.8 Å². The topological polar surface area (TPSA) is 80.7 Å². The van der Waals surface area contributed by atoms with Gasteiger partial charge in [0, 0.05) is 0 Å². The van der Waals surface area contributed by atoms with Crippen LogP contribution < -0.4 is 0 Å². The second-order valence-electron chi connectivity index (χ2n) is 5.39. The molecule has 124 valence electrons. The van der Waals surface area contributed by atoms with Gasteiger partial charge < -0.3 is 9.84 Å². The van der Waals surface area contributed by atoms with Crippen molar-refractivity contribution in [2.75, 3.05) is 12.4 Å². The first-order valence-electron chi connectivity index (χ1n) is 7.38. The number of sulfone groups is 1. The molecule has 0 aliphatic carbocycles. The predicted octanol–water partition coefficient (Wildman–Crippen LogP) is 2.63. The van der Waals surface area contributed by atoms with Gasteiger partial charge in [-0.15, -0.1) is 0 Å². The number of benzene rings is 2. The van der Waals surface area contributed by atoms with E-state index in [0.717, 1.165) is 23.3 Å². The van der Waals surface area contributed by atoms with E-state index in [1.54, 1.807) is 0 Å². The molecule has 0 radical (unpaired) electrons. The average Bonchev–Trinajstić information content (AvgIpc) is 2.54. The third-order valence-corrected chi connectivity index (χ3v) is 6.23. The molecule has 1 atom stereocenters. The normalized spacial score (nSPS) is 14.5. The summed E-state index contributed by atoms with van der Waals surface area (Å²) < 4.78 is 29.3. The Morgan fingerprint density at radius 1 is 1.17 bits per heavy atom. The molecule has 6 heteroatoms. The van der Waals surface area contributed by atoms with Crippen molar-refractivity contribution in [3.8, 4) is 0 Å². The number of hydrogen-bond donors (Lipinski definition) is 1. The first-order chi connectivity index (χ1) is 10.8. The third kappa shape index (κ3) is 3.38. The molecule has 0 aromatic heterocycles. The van der Waals surface area contributed by atoms with Gasteiger partial charge >= 0.3 is 5.97 Å². The molecular weight excluding hydrogens is 316 g/mol. The third-order valence-electron chi connectivity index (χ3n) is 3.99. The van der Waals surface area contributed by atoms with E-state index in [0.29, 0.717) is 6.42 Å². The van der Waals surface area contributed by atoms with Gasteiger partial charge in [-0.2, -0.15) is 0 Å². The van der Waals surface area contributed by atoms with Gasteiger partial charge in [0.15, 0.2) is 9.84 Å². The van der Waals surface area contributed by atoms with Crippen LogP contribution in [0.3, 0.4) is 0 Å². The molecule has 1 unspecified atom stereocenters. The Labute approximate surface area is 135 Å². The summed E-state index contributed by atoms with van der Waals surface area (Å²) in [5, 5.41) is 11.4. The number of ether oxygens (including phenoxy) is 1. The SMILES string of the molecule is CCS(=O)(=O)C(C)(OCCc1cccc2ccccc12)C(=O)O. The van der Waals surface area contributed by atoms with Crippen molar-refractivity contribution in [3.63, 3.8) is 0 Å². The molecular formula is C17H20O5S. The minimum atomic E-state index is -3.88. The summed E-state index contributed by atoms with van der Waals surface area (Å²) in [7, 11) is -3.88. The van der Waals surface area contributed by atoms with Gasteiger partial charge in [0.1, 0.15) is 0 Å². The maximum absolute atomic E-state index is 12.0. The summed E-state index contributed by atoms with van der Waals surface area (Å²) >= 11 is 0. The largest absolute Gasteiger partial charge is 0.478 e. The number of hydrogen-bond acceptors (Lipinski definition) is 4. The maximum atomic E-state index is 12.0. The van der Waals surface area contributed by atoms with Crippen molar-refractivity contribution >= 4 is 26.6 Å². The first kappa shape index (κ1) is 17.4. The fourth-order valence-corrected chi connectivity index (χ4v) is 3.51. The first-order valence-corrected chi connectivity index (χ1v) is 9.03. The van der Waals surface area contributed by atoms with Crippen LogP contribution in [0.15, 0.2) is 42.5 Å². The summed E-state index contributed by atoms with van der Waals surface area (Å²) in [6.07, 6.45) is 0.434. The molecule has 0 bridgehead atoms. The van der Waals surface area contributed by atoms with Crippen LogP contribution in [0, 0.1) is 0 Å². The molecule has 0 amide bonds. The van der Waals surface area contributed by atoms with Crippen LogP contribution in [-0.4, -0.2) is 36.8 Å². The number of aliphatic carboxylic acids is 1. The summed E-state index contributed by atoms with van der Waals surface area (Å²) in [5.41, 5.74) is 0.990. The van der Waals surface area contributed by atoms with E-state index in [-0.39, 0.29) is 12.4 Å². The van der Waals surface area contributed by atoms with Crippen molar-refractivity contribution in [2.45, 2.75) is 25.2 Å². The Bertz CT molecular complexity index is 807. The van der Waals surface area contributed by atoms with E-state index in [2.05, 4.69) is 0 Å². The molecule has 0 spiro atoms. The molecule has 23 heavy (non-hydrogen) atoms. The molecule has 0 heterocycles. The number of rotatable bonds is 7. The standard InChI is InChI=1S/C17H20O5S/c1-3-23(20,21)17(2,16(18)19)22-12-11-14-9-6-8-13-7-4-5-10-15(13)14/h4-10H,3,11-12H2,1-2H3,(H,18,19). The quantitative estimate of drug-likeness (QED) is 0.840. The van der Waals surface area contributed by atoms with Gasteiger partial charge in [-0.05, 0) is 29.7 Å². The minimum Gasteiger partial charge on any atom is -0.478 e. The fraction of sp³-hybridized carbons (Fsp3) is 0.353. The zero-order chi connectivity index (χ0) is 17.1. The van der Waals surface area contributed by atoms with Crippen LogP contribution in [0.5, 0.6) is 0 Å². The minimum absolute atomic E-state index is 0.00996. The van der Waals surface area contributed by atoms with E-state index in [4.69, 9.17) is 4.74 Å². The average molecular weight is 336 g/mol. The molecule has 0 fully saturated rings. The fourth-order valence-electron chi connectivity index (χ4n) is 2.43. The maximum Gasteiger partial charge on any atom is 0.351 e. The van der Waals surface area contributed by atoms with Crippen molar-refractivity contribution in [2.24, 2.45) is 0 Å². The van der Waals surface area contributed by atoms with Gasteiger partial charge in [-0.1, -0.05) is 49.4 Å². The van der Waals surface area contributed by atoms with Gasteiger partial charge in [0.25, 0.3) is 4.93 Å². The molecule has 0 aliphatic heterocycles. The van der Waals surface area contributed by atoms with Crippen LogP contribution >= 0.6 is 0 Å². The lowest BCUT2D eigenvalue weighted by molar-refractivity contribution is -0.153. The van der Waals surface area contributed by atoms with E-state index in [1.165, 1.54) is 6.92 Å². The summed E-state index contributed by atoms with van der Waals surface area (Å²) in [6.45, 7) is 2.51. The second-order valence-corrected chi connectivity index (χ2v) is 7.98. The molecule has 1 N–H and O–H groups in total. The molecule has 0 saturated heterocycles. The number of carboxylic acids is 1. The molecule has 0 aliphatic rings. The highest BCUT2D eigenvalue weighted by molar-refractivity contribution is 7.93. The Morgan fingerprint density at radius 3 is 2.48 bits per heavy atom. The number of fused-ring (bicyclic) bond motifs is 1. The highest BCUT2D eigenvalue weighted by Gasteiger charge is 2.46. The Balaban J connectivity index is 2.18. The smallest absolute Gasteiger partial charge is 0.351 e. The Morgan fingerprint density at radius 2 is 1.83 bits per heavy atom. The van der Waals surface area contributed by atoms with E-state index in [9.17, 15) is 18.3 Å². The van der Waals surface area contributed by atoms with Gasteiger partial charge in [0.2, 0.25) is 0 Å². The lowest BCUT2D eigenvalue weighted by Gasteiger charge is -2.24. The van der Waals surface area contributed by atoms with Crippen LogP contribution in [0.2, 0.25) is 0 Å². The van der Waals surface area contributed by atoms with Gasteiger partial charge in [-0.25, -0.2) is 13.2 Å². The van der Waals surface area contributed by atoms with Crippen molar-refractivity contribution in [1.82, 2.24) is 0 Å². The van der Waals surface area contributed by atoms with Crippen molar-refractivity contribution in [1.29, 1.82) is 0 Å². The van der Waals surface area contributed by atoms with Crippen molar-refractivity contribution < 1.29 is 23.1 Å². The van der Waals surface area contributed by atoms with Gasteiger partial charge in [-0.3, -0.25) is 0 Å².